The summed E-state index contributed by atoms with van der Waals surface area (Å²) >= 11 is 0. The Morgan fingerprint density at radius 1 is 1.41 bits per heavy atom. The maximum Gasteiger partial charge on any atom is 0.415 e. The molecule has 5 nitrogen and oxygen atoms in total. The number of rotatable bonds is 3. The first-order chi connectivity index (χ1) is 9.90. The number of aliphatic hydroxyl groups is 1. The van der Waals surface area contributed by atoms with Crippen molar-refractivity contribution in [2.24, 2.45) is 0 Å². The van der Waals surface area contributed by atoms with Crippen LogP contribution in [0.3, 0.4) is 0 Å². The van der Waals surface area contributed by atoms with E-state index in [0.29, 0.717) is 25.9 Å². The molecule has 1 saturated heterocycles. The van der Waals surface area contributed by atoms with E-state index in [4.69, 9.17) is 9.84 Å². The third-order valence-electron chi connectivity index (χ3n) is 3.52. The van der Waals surface area contributed by atoms with Gasteiger partial charge in [-0.15, -0.1) is 0 Å². The molecule has 0 radical (unpaired) electrons. The molecule has 0 bridgehead atoms. The van der Waals surface area contributed by atoms with Gasteiger partial charge in [0.1, 0.15) is 5.60 Å². The number of aliphatic hydroxyl groups excluding tert-OH is 1. The molecule has 22 heavy (non-hydrogen) atoms. The molecule has 1 aliphatic rings. The molecule has 1 aliphatic heterocycles. The van der Waals surface area contributed by atoms with Crippen molar-refractivity contribution >= 4 is 6.09 Å². The van der Waals surface area contributed by atoms with Crippen LogP contribution in [0.5, 0.6) is 0 Å². The van der Waals surface area contributed by atoms with E-state index in [-0.39, 0.29) is 6.04 Å². The average Bonchev–Trinajstić information content (AvgIpc) is 2.35. The molecule has 2 atom stereocenters. The summed E-state index contributed by atoms with van der Waals surface area (Å²) in [7, 11) is 1.59. The Hall–Kier alpha value is -1.02. The molecule has 1 heterocycles. The fourth-order valence-electron chi connectivity index (χ4n) is 2.34. The highest BCUT2D eigenvalue weighted by Gasteiger charge is 2.40. The molecule has 0 saturated carbocycles. The summed E-state index contributed by atoms with van der Waals surface area (Å²) in [6.07, 6.45) is -6.10. The zero-order valence-electron chi connectivity index (χ0n) is 13.5. The number of carbonyl (C=O) groups is 1. The van der Waals surface area contributed by atoms with Gasteiger partial charge in [0.05, 0.1) is 0 Å². The van der Waals surface area contributed by atoms with Crippen LogP contribution in [-0.2, 0) is 4.74 Å². The average molecular weight is 326 g/mol. The van der Waals surface area contributed by atoms with Crippen LogP contribution in [0.1, 0.15) is 33.6 Å². The zero-order chi connectivity index (χ0) is 17.1. The SMILES string of the molecule is CN(C(=O)OC(C)(C)C)[C@H]1CCCN(C[C@@H](O)C(F)(F)F)C1. The van der Waals surface area contributed by atoms with E-state index in [1.165, 1.54) is 9.80 Å². The van der Waals surface area contributed by atoms with Crippen LogP contribution in [-0.4, -0.2) is 71.6 Å². The molecule has 0 unspecified atom stereocenters. The fourth-order valence-corrected chi connectivity index (χ4v) is 2.34. The van der Waals surface area contributed by atoms with Gasteiger partial charge in [0, 0.05) is 26.2 Å². The highest BCUT2D eigenvalue weighted by molar-refractivity contribution is 5.68. The van der Waals surface area contributed by atoms with Crippen LogP contribution >= 0.6 is 0 Å². The fraction of sp³-hybridized carbons (Fsp3) is 0.929. The van der Waals surface area contributed by atoms with Gasteiger partial charge in [-0.2, -0.15) is 13.2 Å². The molecule has 1 rings (SSSR count). The Kier molecular flexibility index (Phi) is 6.09. The van der Waals surface area contributed by atoms with Crippen LogP contribution in [0, 0.1) is 0 Å². The summed E-state index contributed by atoms with van der Waals surface area (Å²) in [6.45, 7) is 5.57. The molecule has 0 aliphatic carbocycles. The highest BCUT2D eigenvalue weighted by atomic mass is 19.4. The standard InChI is InChI=1S/C14H25F3N2O3/c1-13(2,3)22-12(21)18(4)10-6-5-7-19(8-10)9-11(20)14(15,16)17/h10-11,20H,5-9H2,1-4H3/t10-,11+/m0/s1. The Balaban J connectivity index is 2.57. The van der Waals surface area contributed by atoms with E-state index < -0.39 is 30.5 Å². The van der Waals surface area contributed by atoms with Crippen molar-refractivity contribution in [3.05, 3.63) is 0 Å². The second-order valence-electron chi connectivity index (χ2n) is 6.70. The van der Waals surface area contributed by atoms with Crippen molar-refractivity contribution in [3.63, 3.8) is 0 Å². The van der Waals surface area contributed by atoms with Gasteiger partial charge in [-0.1, -0.05) is 0 Å². The Labute approximate surface area is 129 Å². The first-order valence-electron chi connectivity index (χ1n) is 7.33. The van der Waals surface area contributed by atoms with Crippen LogP contribution in [0.25, 0.3) is 0 Å². The van der Waals surface area contributed by atoms with Gasteiger partial charge in [0.2, 0.25) is 0 Å². The third kappa shape index (κ3) is 6.00. The minimum atomic E-state index is -4.62. The molecule has 0 aromatic rings. The van der Waals surface area contributed by atoms with E-state index in [9.17, 15) is 18.0 Å². The molecule has 1 amide bonds. The number of ether oxygens (including phenoxy) is 1. The summed E-state index contributed by atoms with van der Waals surface area (Å²) < 4.78 is 42.5. The maximum atomic E-state index is 12.4. The van der Waals surface area contributed by atoms with Gasteiger partial charge >= 0.3 is 12.3 Å². The number of halogens is 3. The quantitative estimate of drug-likeness (QED) is 0.864. The molecular formula is C14H25F3N2O3. The second kappa shape index (κ2) is 7.04. The van der Waals surface area contributed by atoms with Crippen LogP contribution in [0.2, 0.25) is 0 Å². The number of nitrogens with zero attached hydrogens (tertiary/aromatic N) is 2. The number of alkyl halides is 3. The van der Waals surface area contributed by atoms with Crippen LogP contribution in [0.4, 0.5) is 18.0 Å². The lowest BCUT2D eigenvalue weighted by Gasteiger charge is -2.38. The number of amides is 1. The van der Waals surface area contributed by atoms with E-state index >= 15 is 0 Å². The molecular weight excluding hydrogens is 301 g/mol. The number of likely N-dealkylation sites (N-methyl/N-ethyl adjacent to an activating group) is 1. The summed E-state index contributed by atoms with van der Waals surface area (Å²) in [4.78, 5) is 15.0. The van der Waals surface area contributed by atoms with Gasteiger partial charge in [-0.3, -0.25) is 4.90 Å². The molecule has 130 valence electrons. The van der Waals surface area contributed by atoms with Gasteiger partial charge in [-0.05, 0) is 40.2 Å². The highest BCUT2D eigenvalue weighted by Crippen LogP contribution is 2.23. The van der Waals surface area contributed by atoms with Crippen molar-refractivity contribution in [1.29, 1.82) is 0 Å². The molecule has 1 N–H and O–H groups in total. The molecule has 0 aromatic carbocycles. The monoisotopic (exact) mass is 326 g/mol. The van der Waals surface area contributed by atoms with Crippen molar-refractivity contribution < 1.29 is 27.8 Å². The van der Waals surface area contributed by atoms with Gasteiger partial charge < -0.3 is 14.7 Å². The van der Waals surface area contributed by atoms with Crippen LogP contribution in [0.15, 0.2) is 0 Å². The summed E-state index contributed by atoms with van der Waals surface area (Å²) in [5.41, 5.74) is -0.619. The van der Waals surface area contributed by atoms with Crippen LogP contribution < -0.4 is 0 Å². The van der Waals surface area contributed by atoms with Gasteiger partial charge in [0.15, 0.2) is 6.10 Å². The summed E-state index contributed by atoms with van der Waals surface area (Å²) in [6, 6.07) is -0.218. The molecule has 0 spiro atoms. The first kappa shape index (κ1) is 19.0. The minimum Gasteiger partial charge on any atom is -0.444 e. The molecule has 0 aromatic heterocycles. The van der Waals surface area contributed by atoms with Gasteiger partial charge in [0.25, 0.3) is 0 Å². The largest absolute Gasteiger partial charge is 0.444 e. The Bertz CT molecular complexity index is 383. The lowest BCUT2D eigenvalue weighted by atomic mass is 10.0. The summed E-state index contributed by atoms with van der Waals surface area (Å²) in [5.74, 6) is 0. The molecule has 8 heteroatoms. The second-order valence-corrected chi connectivity index (χ2v) is 6.70. The number of piperidine rings is 1. The first-order valence-corrected chi connectivity index (χ1v) is 7.33. The van der Waals surface area contributed by atoms with Crippen molar-refractivity contribution in [2.75, 3.05) is 26.7 Å². The lowest BCUT2D eigenvalue weighted by Crippen LogP contribution is -2.52. The van der Waals surface area contributed by atoms with Crippen molar-refractivity contribution in [2.45, 2.75) is 57.5 Å². The number of hydrogen-bond donors (Lipinski definition) is 1. The predicted molar refractivity (Wildman–Crippen MR) is 75.5 cm³/mol. The smallest absolute Gasteiger partial charge is 0.415 e. The maximum absolute atomic E-state index is 12.4. The third-order valence-corrected chi connectivity index (χ3v) is 3.52. The normalized spacial score (nSPS) is 22.3. The minimum absolute atomic E-state index is 0.218. The van der Waals surface area contributed by atoms with E-state index in [1.807, 2.05) is 0 Å². The van der Waals surface area contributed by atoms with E-state index in [2.05, 4.69) is 0 Å². The van der Waals surface area contributed by atoms with E-state index in [1.54, 1.807) is 27.8 Å². The zero-order valence-corrected chi connectivity index (χ0v) is 13.5. The Morgan fingerprint density at radius 3 is 2.50 bits per heavy atom. The van der Waals surface area contributed by atoms with Gasteiger partial charge in [-0.25, -0.2) is 4.79 Å². The van der Waals surface area contributed by atoms with E-state index in [0.717, 1.165) is 0 Å². The lowest BCUT2D eigenvalue weighted by molar-refractivity contribution is -0.209. The summed E-state index contributed by atoms with van der Waals surface area (Å²) in [5, 5.41) is 9.15. The molecule has 1 fully saturated rings. The number of β-amino-alcohol motifs (C(OH)–C–C–N with tert-alkyl or cyclic N) is 1. The van der Waals surface area contributed by atoms with Crippen molar-refractivity contribution in [1.82, 2.24) is 9.80 Å². The number of hydrogen-bond acceptors (Lipinski definition) is 4. The topological polar surface area (TPSA) is 53.0 Å². The predicted octanol–water partition coefficient (Wildman–Crippen LogP) is 2.24. The van der Waals surface area contributed by atoms with Crippen molar-refractivity contribution in [3.8, 4) is 0 Å². The number of carbonyl (C=O) groups excluding carboxylic acids is 1. The Morgan fingerprint density at radius 2 is 2.00 bits per heavy atom. The number of likely N-dealkylation sites (tertiary alicyclic amines) is 1.